The molecule has 96 valence electrons. The Labute approximate surface area is 106 Å². The summed E-state index contributed by atoms with van der Waals surface area (Å²) in [4.78, 5) is 0. The highest BCUT2D eigenvalue weighted by molar-refractivity contribution is 5.24. The fourth-order valence-corrected chi connectivity index (χ4v) is 2.29. The van der Waals surface area contributed by atoms with Gasteiger partial charge < -0.3 is 9.52 Å². The molecule has 2 aromatic rings. The molecule has 1 fully saturated rings. The average molecular weight is 246 g/mol. The quantitative estimate of drug-likeness (QED) is 0.902. The van der Waals surface area contributed by atoms with Crippen molar-refractivity contribution in [3.05, 3.63) is 41.6 Å². The molecule has 0 aromatic carbocycles. The third-order valence-corrected chi connectivity index (χ3v) is 3.68. The van der Waals surface area contributed by atoms with E-state index in [4.69, 9.17) is 4.42 Å². The van der Waals surface area contributed by atoms with Gasteiger partial charge in [0.15, 0.2) is 0 Å². The number of aromatic nitrogens is 2. The summed E-state index contributed by atoms with van der Waals surface area (Å²) < 4.78 is 7.55. The van der Waals surface area contributed by atoms with Crippen molar-refractivity contribution in [1.29, 1.82) is 0 Å². The maximum atomic E-state index is 10.2. The fourth-order valence-electron chi connectivity index (χ4n) is 2.29. The van der Waals surface area contributed by atoms with E-state index in [0.717, 1.165) is 17.9 Å². The van der Waals surface area contributed by atoms with Crippen LogP contribution < -0.4 is 0 Å². The first-order valence-corrected chi connectivity index (χ1v) is 6.49. The first-order valence-electron chi connectivity index (χ1n) is 6.49. The number of aliphatic hydroxyl groups excluding tert-OH is 1. The van der Waals surface area contributed by atoms with Gasteiger partial charge in [-0.2, -0.15) is 5.10 Å². The zero-order valence-electron chi connectivity index (χ0n) is 10.7. The Hall–Kier alpha value is -1.55. The summed E-state index contributed by atoms with van der Waals surface area (Å²) in [5, 5.41) is 14.4. The Morgan fingerprint density at radius 3 is 2.94 bits per heavy atom. The van der Waals surface area contributed by atoms with Crippen molar-refractivity contribution < 1.29 is 9.52 Å². The van der Waals surface area contributed by atoms with Crippen LogP contribution in [0.1, 0.15) is 49.4 Å². The minimum Gasteiger partial charge on any atom is -0.463 e. The Balaban J connectivity index is 1.79. The maximum absolute atomic E-state index is 10.2. The SMILES string of the molecule is CCn1cc(C(O)c2ccc(C3CC3C)o2)cn1. The molecule has 1 aliphatic carbocycles. The van der Waals surface area contributed by atoms with Crippen LogP contribution in [-0.4, -0.2) is 14.9 Å². The summed E-state index contributed by atoms with van der Waals surface area (Å²) in [7, 11) is 0. The molecule has 4 nitrogen and oxygen atoms in total. The van der Waals surface area contributed by atoms with E-state index >= 15 is 0 Å². The number of hydrogen-bond acceptors (Lipinski definition) is 3. The molecule has 0 saturated heterocycles. The van der Waals surface area contributed by atoms with Crippen molar-refractivity contribution in [2.75, 3.05) is 0 Å². The third-order valence-electron chi connectivity index (χ3n) is 3.68. The van der Waals surface area contributed by atoms with Crippen LogP contribution in [0.2, 0.25) is 0 Å². The lowest BCUT2D eigenvalue weighted by molar-refractivity contribution is 0.186. The largest absolute Gasteiger partial charge is 0.463 e. The van der Waals surface area contributed by atoms with Crippen LogP contribution in [0.15, 0.2) is 28.9 Å². The van der Waals surface area contributed by atoms with Crippen LogP contribution in [0.25, 0.3) is 0 Å². The molecule has 0 radical (unpaired) electrons. The highest BCUT2D eigenvalue weighted by Crippen LogP contribution is 2.47. The van der Waals surface area contributed by atoms with Gasteiger partial charge in [0.05, 0.1) is 6.20 Å². The molecule has 18 heavy (non-hydrogen) atoms. The molecule has 1 aliphatic rings. The van der Waals surface area contributed by atoms with Crippen LogP contribution in [0.4, 0.5) is 0 Å². The molecule has 0 spiro atoms. The van der Waals surface area contributed by atoms with Gasteiger partial charge in [0.1, 0.15) is 17.6 Å². The predicted molar refractivity (Wildman–Crippen MR) is 67.2 cm³/mol. The van der Waals surface area contributed by atoms with Crippen molar-refractivity contribution in [1.82, 2.24) is 9.78 Å². The van der Waals surface area contributed by atoms with Crippen molar-refractivity contribution in [3.8, 4) is 0 Å². The van der Waals surface area contributed by atoms with Crippen molar-refractivity contribution in [3.63, 3.8) is 0 Å². The molecule has 1 N–H and O–H groups in total. The van der Waals surface area contributed by atoms with E-state index in [0.29, 0.717) is 17.6 Å². The second kappa shape index (κ2) is 4.28. The number of furan rings is 1. The number of aryl methyl sites for hydroxylation is 1. The molecule has 2 aromatic heterocycles. The average Bonchev–Trinajstić information content (AvgIpc) is 2.88. The van der Waals surface area contributed by atoms with Gasteiger partial charge in [0, 0.05) is 24.2 Å². The van der Waals surface area contributed by atoms with E-state index in [1.807, 2.05) is 25.3 Å². The van der Waals surface area contributed by atoms with E-state index in [9.17, 15) is 5.11 Å². The minimum absolute atomic E-state index is 0.546. The zero-order valence-corrected chi connectivity index (χ0v) is 10.7. The van der Waals surface area contributed by atoms with E-state index < -0.39 is 6.10 Å². The second-order valence-electron chi connectivity index (χ2n) is 5.09. The van der Waals surface area contributed by atoms with Gasteiger partial charge in [-0.3, -0.25) is 4.68 Å². The molecule has 1 saturated carbocycles. The van der Waals surface area contributed by atoms with Crippen LogP contribution >= 0.6 is 0 Å². The highest BCUT2D eigenvalue weighted by atomic mass is 16.4. The summed E-state index contributed by atoms with van der Waals surface area (Å²) in [5.74, 6) is 2.87. The highest BCUT2D eigenvalue weighted by Gasteiger charge is 2.37. The van der Waals surface area contributed by atoms with Crippen LogP contribution in [0.5, 0.6) is 0 Å². The van der Waals surface area contributed by atoms with Gasteiger partial charge in [-0.05, 0) is 31.4 Å². The molecule has 0 aliphatic heterocycles. The Morgan fingerprint density at radius 1 is 1.56 bits per heavy atom. The van der Waals surface area contributed by atoms with Gasteiger partial charge in [-0.25, -0.2) is 0 Å². The first kappa shape index (κ1) is 11.5. The molecule has 3 atom stereocenters. The summed E-state index contributed by atoms with van der Waals surface area (Å²) in [6, 6.07) is 3.85. The van der Waals surface area contributed by atoms with E-state index in [1.54, 1.807) is 10.9 Å². The van der Waals surface area contributed by atoms with E-state index in [1.165, 1.54) is 6.42 Å². The first-order chi connectivity index (χ1) is 8.69. The van der Waals surface area contributed by atoms with E-state index in [2.05, 4.69) is 12.0 Å². The molecule has 0 bridgehead atoms. The van der Waals surface area contributed by atoms with Gasteiger partial charge >= 0.3 is 0 Å². The van der Waals surface area contributed by atoms with Crippen LogP contribution in [0, 0.1) is 5.92 Å². The standard InChI is InChI=1S/C14H18N2O2/c1-3-16-8-10(7-15-16)14(17)13-5-4-12(18-13)11-6-9(11)2/h4-5,7-9,11,14,17H,3,6H2,1-2H3. The summed E-state index contributed by atoms with van der Waals surface area (Å²) in [5.41, 5.74) is 0.779. The smallest absolute Gasteiger partial charge is 0.140 e. The molecule has 0 amide bonds. The van der Waals surface area contributed by atoms with E-state index in [-0.39, 0.29) is 0 Å². The molecule has 3 rings (SSSR count). The van der Waals surface area contributed by atoms with Gasteiger partial charge in [-0.1, -0.05) is 6.92 Å². The van der Waals surface area contributed by atoms with Crippen molar-refractivity contribution in [2.24, 2.45) is 5.92 Å². The summed E-state index contributed by atoms with van der Waals surface area (Å²) in [6.45, 7) is 5.03. The lowest BCUT2D eigenvalue weighted by Gasteiger charge is -2.04. The number of aliphatic hydroxyl groups is 1. The van der Waals surface area contributed by atoms with Crippen molar-refractivity contribution >= 4 is 0 Å². The number of rotatable bonds is 4. The lowest BCUT2D eigenvalue weighted by Crippen LogP contribution is -1.97. The lowest BCUT2D eigenvalue weighted by atomic mass is 10.1. The summed E-state index contributed by atoms with van der Waals surface area (Å²) >= 11 is 0. The van der Waals surface area contributed by atoms with Gasteiger partial charge in [0.2, 0.25) is 0 Å². The molecule has 3 unspecified atom stereocenters. The van der Waals surface area contributed by atoms with Gasteiger partial charge in [-0.15, -0.1) is 0 Å². The normalized spacial score (nSPS) is 24.2. The molecule has 2 heterocycles. The topological polar surface area (TPSA) is 51.2 Å². The third kappa shape index (κ3) is 1.97. The number of nitrogens with zero attached hydrogens (tertiary/aromatic N) is 2. The monoisotopic (exact) mass is 246 g/mol. The van der Waals surface area contributed by atoms with Crippen molar-refractivity contribution in [2.45, 2.75) is 38.8 Å². The minimum atomic E-state index is -0.715. The summed E-state index contributed by atoms with van der Waals surface area (Å²) in [6.07, 6.45) is 4.02. The van der Waals surface area contributed by atoms with Gasteiger partial charge in [0.25, 0.3) is 0 Å². The van der Waals surface area contributed by atoms with Crippen LogP contribution in [-0.2, 0) is 6.54 Å². The molecule has 4 heteroatoms. The molecular weight excluding hydrogens is 228 g/mol. The Bertz CT molecular complexity index is 543. The fraction of sp³-hybridized carbons (Fsp3) is 0.500. The maximum Gasteiger partial charge on any atom is 0.140 e. The van der Waals surface area contributed by atoms with Crippen LogP contribution in [0.3, 0.4) is 0 Å². The number of hydrogen-bond donors (Lipinski definition) is 1. The zero-order chi connectivity index (χ0) is 12.7. The Kier molecular flexibility index (Phi) is 2.74. The molecular formula is C14H18N2O2. The predicted octanol–water partition coefficient (Wildman–Crippen LogP) is 2.70. The second-order valence-corrected chi connectivity index (χ2v) is 5.09. The Morgan fingerprint density at radius 2 is 2.33 bits per heavy atom.